The van der Waals surface area contributed by atoms with E-state index in [1.165, 1.54) is 5.56 Å². The molecule has 0 aromatic heterocycles. The van der Waals surface area contributed by atoms with E-state index in [9.17, 15) is 4.79 Å². The summed E-state index contributed by atoms with van der Waals surface area (Å²) in [6.45, 7) is 10.2. The zero-order valence-corrected chi connectivity index (χ0v) is 14.1. The van der Waals surface area contributed by atoms with Crippen LogP contribution < -0.4 is 0 Å². The minimum absolute atomic E-state index is 0.103. The first-order valence-electron chi connectivity index (χ1n) is 8.23. The molecule has 0 saturated carbocycles. The molecule has 3 nitrogen and oxygen atoms in total. The van der Waals surface area contributed by atoms with Crippen LogP contribution in [0.1, 0.15) is 52.2 Å². The van der Waals surface area contributed by atoms with Crippen molar-refractivity contribution in [3.05, 3.63) is 35.4 Å². The fourth-order valence-corrected chi connectivity index (χ4v) is 3.94. The summed E-state index contributed by atoms with van der Waals surface area (Å²) in [5.41, 5.74) is 2.04. The molecular weight excluding hydrogens is 274 g/mol. The van der Waals surface area contributed by atoms with Gasteiger partial charge in [-0.25, -0.2) is 4.79 Å². The summed E-state index contributed by atoms with van der Waals surface area (Å²) in [5.74, 6) is 0.0420. The van der Waals surface area contributed by atoms with Crippen LogP contribution in [0.5, 0.6) is 0 Å². The molecule has 0 saturated heterocycles. The minimum atomic E-state index is -0.778. The van der Waals surface area contributed by atoms with Gasteiger partial charge in [0.15, 0.2) is 11.1 Å². The van der Waals surface area contributed by atoms with Crippen molar-refractivity contribution in [1.82, 2.24) is 0 Å². The van der Waals surface area contributed by atoms with Crippen LogP contribution in [0.15, 0.2) is 29.3 Å². The van der Waals surface area contributed by atoms with E-state index in [2.05, 4.69) is 45.9 Å². The lowest BCUT2D eigenvalue weighted by Crippen LogP contribution is -2.59. The highest BCUT2D eigenvalue weighted by atomic mass is 16.6. The Labute approximate surface area is 132 Å². The minimum Gasteiger partial charge on any atom is -0.451 e. The SMILES string of the molecule is CC(C)C1(C(C)C)N=C2c3ccccc3CCC2(C)OC1=O. The molecule has 0 radical (unpaired) electrons. The van der Waals surface area contributed by atoms with Crippen LogP contribution in [-0.2, 0) is 16.0 Å². The number of nitrogens with zero attached hydrogens (tertiary/aromatic N) is 1. The topological polar surface area (TPSA) is 38.7 Å². The summed E-state index contributed by atoms with van der Waals surface area (Å²) in [6.07, 6.45) is 1.73. The lowest BCUT2D eigenvalue weighted by molar-refractivity contribution is -0.166. The maximum Gasteiger partial charge on any atom is 0.335 e. The van der Waals surface area contributed by atoms with Gasteiger partial charge in [0, 0.05) is 5.56 Å². The molecule has 1 atom stereocenters. The van der Waals surface area contributed by atoms with Crippen LogP contribution in [0.4, 0.5) is 0 Å². The van der Waals surface area contributed by atoms with Crippen molar-refractivity contribution in [2.24, 2.45) is 16.8 Å². The summed E-state index contributed by atoms with van der Waals surface area (Å²) < 4.78 is 6.00. The van der Waals surface area contributed by atoms with Crippen LogP contribution >= 0.6 is 0 Å². The van der Waals surface area contributed by atoms with Crippen molar-refractivity contribution in [1.29, 1.82) is 0 Å². The number of fused-ring (bicyclic) bond motifs is 3. The average Bonchev–Trinajstić information content (AvgIpc) is 2.45. The number of rotatable bonds is 2. The molecule has 118 valence electrons. The Hall–Kier alpha value is -1.64. The zero-order chi connectivity index (χ0) is 16.1. The second-order valence-electron chi connectivity index (χ2n) is 7.37. The van der Waals surface area contributed by atoms with E-state index in [4.69, 9.17) is 9.73 Å². The van der Waals surface area contributed by atoms with Gasteiger partial charge < -0.3 is 4.74 Å². The van der Waals surface area contributed by atoms with E-state index in [1.54, 1.807) is 0 Å². The van der Waals surface area contributed by atoms with Gasteiger partial charge in [0.25, 0.3) is 0 Å². The third-order valence-corrected chi connectivity index (χ3v) is 5.35. The van der Waals surface area contributed by atoms with E-state index in [0.29, 0.717) is 0 Å². The van der Waals surface area contributed by atoms with Crippen molar-refractivity contribution in [3.8, 4) is 0 Å². The maximum atomic E-state index is 12.8. The van der Waals surface area contributed by atoms with Gasteiger partial charge in [-0.05, 0) is 37.2 Å². The molecule has 22 heavy (non-hydrogen) atoms. The van der Waals surface area contributed by atoms with Gasteiger partial charge in [0.2, 0.25) is 0 Å². The highest BCUT2D eigenvalue weighted by molar-refractivity contribution is 6.12. The summed E-state index contributed by atoms with van der Waals surface area (Å²) in [5, 5.41) is 0. The summed E-state index contributed by atoms with van der Waals surface area (Å²) in [7, 11) is 0. The molecule has 1 aliphatic carbocycles. The molecule has 1 aromatic rings. The first-order valence-corrected chi connectivity index (χ1v) is 8.23. The molecule has 1 aromatic carbocycles. The monoisotopic (exact) mass is 299 g/mol. The van der Waals surface area contributed by atoms with Crippen molar-refractivity contribution in [2.75, 3.05) is 0 Å². The number of ether oxygens (including phenoxy) is 1. The second kappa shape index (κ2) is 4.94. The largest absolute Gasteiger partial charge is 0.451 e. The smallest absolute Gasteiger partial charge is 0.335 e. The first kappa shape index (κ1) is 15.3. The molecule has 1 aliphatic heterocycles. The number of hydrogen-bond donors (Lipinski definition) is 0. The van der Waals surface area contributed by atoms with Crippen LogP contribution in [0.25, 0.3) is 0 Å². The molecule has 1 unspecified atom stereocenters. The van der Waals surface area contributed by atoms with Gasteiger partial charge in [0.05, 0.1) is 5.71 Å². The number of carbonyl (C=O) groups is 1. The number of aryl methyl sites for hydroxylation is 1. The molecule has 1 heterocycles. The molecule has 2 aliphatic rings. The predicted molar refractivity (Wildman–Crippen MR) is 88.2 cm³/mol. The molecule has 0 bridgehead atoms. The normalized spacial score (nSPS) is 26.3. The van der Waals surface area contributed by atoms with Gasteiger partial charge in [-0.1, -0.05) is 52.0 Å². The lowest BCUT2D eigenvalue weighted by Gasteiger charge is -2.47. The Kier molecular flexibility index (Phi) is 3.42. The van der Waals surface area contributed by atoms with Crippen LogP contribution in [-0.4, -0.2) is 22.8 Å². The van der Waals surface area contributed by atoms with Gasteiger partial charge in [-0.15, -0.1) is 0 Å². The van der Waals surface area contributed by atoms with Gasteiger partial charge in [-0.2, -0.15) is 0 Å². The number of aliphatic imine (C=N–C) groups is 1. The Morgan fingerprint density at radius 3 is 2.41 bits per heavy atom. The van der Waals surface area contributed by atoms with E-state index < -0.39 is 11.1 Å². The van der Waals surface area contributed by atoms with Gasteiger partial charge in [-0.3, -0.25) is 4.99 Å². The summed E-state index contributed by atoms with van der Waals surface area (Å²) in [6, 6.07) is 8.36. The lowest BCUT2D eigenvalue weighted by atomic mass is 9.72. The molecular formula is C19H25NO2. The Morgan fingerprint density at radius 1 is 1.14 bits per heavy atom. The molecule has 0 spiro atoms. The zero-order valence-electron chi connectivity index (χ0n) is 14.1. The van der Waals surface area contributed by atoms with Crippen LogP contribution in [0.2, 0.25) is 0 Å². The van der Waals surface area contributed by atoms with Crippen molar-refractivity contribution in [2.45, 2.75) is 58.6 Å². The van der Waals surface area contributed by atoms with Gasteiger partial charge in [0.1, 0.15) is 0 Å². The maximum absolute atomic E-state index is 12.8. The second-order valence-corrected chi connectivity index (χ2v) is 7.37. The Balaban J connectivity index is 2.25. The molecule has 3 rings (SSSR count). The van der Waals surface area contributed by atoms with Crippen LogP contribution in [0, 0.1) is 11.8 Å². The number of benzene rings is 1. The number of hydrogen-bond acceptors (Lipinski definition) is 3. The first-order chi connectivity index (χ1) is 10.3. The highest BCUT2D eigenvalue weighted by Gasteiger charge is 2.55. The van der Waals surface area contributed by atoms with Crippen molar-refractivity contribution >= 4 is 11.7 Å². The number of esters is 1. The highest BCUT2D eigenvalue weighted by Crippen LogP contribution is 2.43. The molecule has 0 fully saturated rings. The van der Waals surface area contributed by atoms with Crippen LogP contribution in [0.3, 0.4) is 0 Å². The average molecular weight is 299 g/mol. The van der Waals surface area contributed by atoms with E-state index >= 15 is 0 Å². The quantitative estimate of drug-likeness (QED) is 0.779. The Morgan fingerprint density at radius 2 is 1.77 bits per heavy atom. The summed E-state index contributed by atoms with van der Waals surface area (Å²) in [4.78, 5) is 17.9. The van der Waals surface area contributed by atoms with E-state index in [1.807, 2.05) is 13.0 Å². The van der Waals surface area contributed by atoms with E-state index in [-0.39, 0.29) is 17.8 Å². The fourth-order valence-electron chi connectivity index (χ4n) is 3.94. The Bertz CT molecular complexity index is 637. The standard InChI is InChI=1S/C19H25NO2/c1-12(2)19(13(3)4)17(21)22-18(5)11-10-14-8-6-7-9-15(14)16(18)20-19/h6-9,12-13H,10-11H2,1-5H3. The summed E-state index contributed by atoms with van der Waals surface area (Å²) >= 11 is 0. The third kappa shape index (κ3) is 1.94. The van der Waals surface area contributed by atoms with E-state index in [0.717, 1.165) is 24.1 Å². The molecule has 0 N–H and O–H groups in total. The molecule has 3 heteroatoms. The number of carbonyl (C=O) groups excluding carboxylic acids is 1. The fraction of sp³-hybridized carbons (Fsp3) is 0.579. The van der Waals surface area contributed by atoms with Crippen molar-refractivity contribution in [3.63, 3.8) is 0 Å². The van der Waals surface area contributed by atoms with Gasteiger partial charge >= 0.3 is 5.97 Å². The molecule has 0 amide bonds. The van der Waals surface area contributed by atoms with Crippen molar-refractivity contribution < 1.29 is 9.53 Å². The third-order valence-electron chi connectivity index (χ3n) is 5.35. The predicted octanol–water partition coefficient (Wildman–Crippen LogP) is 3.79.